The largest absolute Gasteiger partial charge is 0.267 e. The molecule has 0 radical (unpaired) electrons. The molecule has 0 bridgehead atoms. The van der Waals surface area contributed by atoms with Crippen molar-refractivity contribution in [3.63, 3.8) is 0 Å². The zero-order valence-electron chi connectivity index (χ0n) is 3.06. The Bertz CT molecular complexity index is 103. The lowest BCUT2D eigenvalue weighted by Crippen LogP contribution is -1.75. The maximum atomic E-state index is 3.85. The van der Waals surface area contributed by atoms with E-state index in [-0.39, 0.29) is 0 Å². The monoisotopic (exact) mass is 146 g/mol. The maximum absolute atomic E-state index is 3.85. The lowest BCUT2D eigenvalue weighted by Gasteiger charge is -1.67. The number of rotatable bonds is 0. The van der Waals surface area contributed by atoms with Crippen molar-refractivity contribution in [2.24, 2.45) is 9.98 Å². The van der Waals surface area contributed by atoms with E-state index in [9.17, 15) is 0 Å². The van der Waals surface area contributed by atoms with Gasteiger partial charge in [0.05, 0.1) is 6.21 Å². The molecule has 32 valence electrons. The van der Waals surface area contributed by atoms with Crippen LogP contribution >= 0.6 is 15.9 Å². The molecule has 1 aliphatic heterocycles. The molecular formula is C3H3BrN2. The summed E-state index contributed by atoms with van der Waals surface area (Å²) in [4.78, 5) is 7.64. The highest BCUT2D eigenvalue weighted by molar-refractivity contribution is 9.19. The molecule has 0 atom stereocenters. The maximum Gasteiger partial charge on any atom is 0.130 e. The number of hydrogen-bond donors (Lipinski definition) is 0. The molecule has 1 aliphatic rings. The first kappa shape index (κ1) is 3.99. The van der Waals surface area contributed by atoms with Gasteiger partial charge in [0.15, 0.2) is 0 Å². The third-order valence-corrected chi connectivity index (χ3v) is 0.957. The first-order valence-electron chi connectivity index (χ1n) is 1.59. The van der Waals surface area contributed by atoms with E-state index in [2.05, 4.69) is 25.9 Å². The van der Waals surface area contributed by atoms with Gasteiger partial charge in [0.2, 0.25) is 0 Å². The van der Waals surface area contributed by atoms with Gasteiger partial charge < -0.3 is 0 Å². The third-order valence-electron chi connectivity index (χ3n) is 0.501. The topological polar surface area (TPSA) is 24.7 Å². The summed E-state index contributed by atoms with van der Waals surface area (Å²) in [6, 6.07) is 0. The lowest BCUT2D eigenvalue weighted by molar-refractivity contribution is 1.11. The van der Waals surface area contributed by atoms with Gasteiger partial charge in [-0.15, -0.1) is 0 Å². The minimum atomic E-state index is 0.598. The molecule has 2 nitrogen and oxygen atoms in total. The Kier molecular flexibility index (Phi) is 1.01. The Morgan fingerprint density at radius 1 is 1.83 bits per heavy atom. The molecule has 1 rings (SSSR count). The van der Waals surface area contributed by atoms with Crippen LogP contribution in [0.5, 0.6) is 0 Å². The van der Waals surface area contributed by atoms with E-state index in [0.29, 0.717) is 6.67 Å². The molecule has 6 heavy (non-hydrogen) atoms. The average Bonchev–Trinajstić information content (AvgIpc) is 1.86. The number of aliphatic imine (C=N–C) groups is 2. The SMILES string of the molecule is BrC1=NCN=C1. The second kappa shape index (κ2) is 1.51. The van der Waals surface area contributed by atoms with Crippen molar-refractivity contribution >= 4 is 26.8 Å². The summed E-state index contributed by atoms with van der Waals surface area (Å²) >= 11 is 3.14. The molecule has 0 saturated carbocycles. The van der Waals surface area contributed by atoms with Gasteiger partial charge in [0.25, 0.3) is 0 Å². The van der Waals surface area contributed by atoms with Crippen molar-refractivity contribution in [1.82, 2.24) is 0 Å². The van der Waals surface area contributed by atoms with E-state index < -0.39 is 0 Å². The minimum Gasteiger partial charge on any atom is -0.267 e. The fourth-order valence-corrected chi connectivity index (χ4v) is 0.522. The second-order valence-corrected chi connectivity index (χ2v) is 1.75. The smallest absolute Gasteiger partial charge is 0.130 e. The van der Waals surface area contributed by atoms with Crippen LogP contribution < -0.4 is 0 Å². The Balaban J connectivity index is 2.68. The molecule has 0 saturated heterocycles. The van der Waals surface area contributed by atoms with Crippen LogP contribution in [-0.2, 0) is 0 Å². The van der Waals surface area contributed by atoms with Crippen molar-refractivity contribution in [3.05, 3.63) is 0 Å². The molecule has 0 aromatic carbocycles. The average molecular weight is 147 g/mol. The molecule has 0 spiro atoms. The summed E-state index contributed by atoms with van der Waals surface area (Å²) in [5.41, 5.74) is 0. The van der Waals surface area contributed by atoms with E-state index in [1.165, 1.54) is 0 Å². The number of halogens is 1. The summed E-state index contributed by atoms with van der Waals surface area (Å²) in [7, 11) is 0. The van der Waals surface area contributed by atoms with Crippen LogP contribution in [0.25, 0.3) is 0 Å². The highest BCUT2D eigenvalue weighted by Gasteiger charge is 1.89. The molecule has 0 aromatic heterocycles. The van der Waals surface area contributed by atoms with E-state index in [4.69, 9.17) is 0 Å². The van der Waals surface area contributed by atoms with Gasteiger partial charge in [-0.25, -0.2) is 0 Å². The van der Waals surface area contributed by atoms with Crippen LogP contribution in [0.3, 0.4) is 0 Å². The molecule has 0 fully saturated rings. The van der Waals surface area contributed by atoms with Crippen molar-refractivity contribution in [1.29, 1.82) is 0 Å². The third kappa shape index (κ3) is 0.653. The fraction of sp³-hybridized carbons (Fsp3) is 0.333. The van der Waals surface area contributed by atoms with Gasteiger partial charge in [-0.05, 0) is 15.9 Å². The summed E-state index contributed by atoms with van der Waals surface area (Å²) < 4.78 is 0.850. The van der Waals surface area contributed by atoms with Crippen molar-refractivity contribution in [3.8, 4) is 0 Å². The van der Waals surface area contributed by atoms with Gasteiger partial charge >= 0.3 is 0 Å². The highest BCUT2D eigenvalue weighted by Crippen LogP contribution is 1.92. The van der Waals surface area contributed by atoms with Gasteiger partial charge in [0, 0.05) is 0 Å². The first-order valence-corrected chi connectivity index (χ1v) is 2.38. The number of nitrogens with zero attached hydrogens (tertiary/aromatic N) is 2. The summed E-state index contributed by atoms with van der Waals surface area (Å²) in [5.74, 6) is 0. The molecular weight excluding hydrogens is 144 g/mol. The van der Waals surface area contributed by atoms with Crippen LogP contribution in [0.2, 0.25) is 0 Å². The summed E-state index contributed by atoms with van der Waals surface area (Å²) in [6.45, 7) is 0.598. The van der Waals surface area contributed by atoms with Crippen LogP contribution in [0.4, 0.5) is 0 Å². The Hall–Kier alpha value is -0.180. The van der Waals surface area contributed by atoms with Crippen LogP contribution in [0.1, 0.15) is 0 Å². The Labute approximate surface area is 44.1 Å². The van der Waals surface area contributed by atoms with E-state index in [1.54, 1.807) is 6.21 Å². The summed E-state index contributed by atoms with van der Waals surface area (Å²) in [6.07, 6.45) is 1.69. The molecule has 1 heterocycles. The lowest BCUT2D eigenvalue weighted by atomic mass is 10.8. The van der Waals surface area contributed by atoms with E-state index in [0.717, 1.165) is 4.62 Å². The quantitative estimate of drug-likeness (QED) is 0.484. The molecule has 3 heteroatoms. The predicted octanol–water partition coefficient (Wildman–Crippen LogP) is 0.822. The van der Waals surface area contributed by atoms with E-state index in [1.807, 2.05) is 0 Å². The molecule has 0 unspecified atom stereocenters. The van der Waals surface area contributed by atoms with Crippen LogP contribution in [0, 0.1) is 0 Å². The van der Waals surface area contributed by atoms with Gasteiger partial charge in [-0.2, -0.15) is 0 Å². The van der Waals surface area contributed by atoms with Gasteiger partial charge in [-0.1, -0.05) is 0 Å². The van der Waals surface area contributed by atoms with Crippen molar-refractivity contribution < 1.29 is 0 Å². The summed E-state index contributed by atoms with van der Waals surface area (Å²) in [5, 5.41) is 0. The van der Waals surface area contributed by atoms with Crippen molar-refractivity contribution in [2.75, 3.05) is 6.67 Å². The normalized spacial score (nSPS) is 18.5. The van der Waals surface area contributed by atoms with E-state index >= 15 is 0 Å². The fourth-order valence-electron chi connectivity index (χ4n) is 0.265. The van der Waals surface area contributed by atoms with Crippen molar-refractivity contribution in [2.45, 2.75) is 0 Å². The standard InChI is InChI=1S/C3H3BrN2/c4-3-1-5-2-6-3/h1H,2H2. The Morgan fingerprint density at radius 3 is 2.83 bits per heavy atom. The zero-order chi connectivity index (χ0) is 4.41. The zero-order valence-corrected chi connectivity index (χ0v) is 4.64. The van der Waals surface area contributed by atoms with Crippen LogP contribution in [-0.4, -0.2) is 17.5 Å². The van der Waals surface area contributed by atoms with Crippen LogP contribution in [0.15, 0.2) is 9.98 Å². The Morgan fingerprint density at radius 2 is 2.67 bits per heavy atom. The molecule has 0 N–H and O–H groups in total. The number of hydrogen-bond acceptors (Lipinski definition) is 2. The molecule has 0 aromatic rings. The minimum absolute atomic E-state index is 0.598. The van der Waals surface area contributed by atoms with Gasteiger partial charge in [-0.3, -0.25) is 9.98 Å². The molecule has 0 amide bonds. The van der Waals surface area contributed by atoms with Gasteiger partial charge in [0.1, 0.15) is 11.3 Å². The molecule has 0 aliphatic carbocycles. The second-order valence-electron chi connectivity index (χ2n) is 0.934. The highest BCUT2D eigenvalue weighted by atomic mass is 79.9. The first-order chi connectivity index (χ1) is 2.89. The predicted molar refractivity (Wildman–Crippen MR) is 29.7 cm³/mol.